The molecule has 2 aromatic carbocycles. The molecule has 2 aromatic heterocycles. The van der Waals surface area contributed by atoms with Crippen LogP contribution in [0.1, 0.15) is 24.0 Å². The first-order valence-electron chi connectivity index (χ1n) is 11.2. The number of benzene rings is 2. The molecule has 170 valence electrons. The predicted molar refractivity (Wildman–Crippen MR) is 125 cm³/mol. The number of aromatic nitrogens is 4. The molecule has 0 unspecified atom stereocenters. The molecule has 1 aliphatic rings. The molecule has 0 saturated carbocycles. The van der Waals surface area contributed by atoms with Crippen molar-refractivity contribution in [2.75, 3.05) is 13.1 Å². The molecule has 33 heavy (non-hydrogen) atoms. The van der Waals surface area contributed by atoms with Crippen LogP contribution < -0.4 is 5.56 Å². The van der Waals surface area contributed by atoms with Gasteiger partial charge in [-0.05, 0) is 36.1 Å². The fourth-order valence-corrected chi connectivity index (χ4v) is 4.51. The molecule has 8 heteroatoms. The minimum absolute atomic E-state index is 0.0327. The first-order valence-corrected chi connectivity index (χ1v) is 11.2. The fraction of sp³-hybridized carbons (Fsp3) is 0.320. The summed E-state index contributed by atoms with van der Waals surface area (Å²) in [5.41, 5.74) is 2.24. The molecule has 0 amide bonds. The lowest BCUT2D eigenvalue weighted by Gasteiger charge is -2.38. The van der Waals surface area contributed by atoms with Crippen LogP contribution in [0.5, 0.6) is 0 Å². The molecule has 0 atom stereocenters. The number of nitrogens with zero attached hydrogens (tertiary/aromatic N) is 5. The number of likely N-dealkylation sites (tertiary alicyclic amines) is 1. The maximum absolute atomic E-state index is 13.1. The van der Waals surface area contributed by atoms with Crippen LogP contribution in [0.4, 0.5) is 0 Å². The summed E-state index contributed by atoms with van der Waals surface area (Å²) in [6.45, 7) is 2.48. The van der Waals surface area contributed by atoms with Crippen LogP contribution in [-0.4, -0.2) is 53.1 Å². The van der Waals surface area contributed by atoms with Gasteiger partial charge in [0.25, 0.3) is 5.56 Å². The Kier molecular flexibility index (Phi) is 5.80. The maximum Gasteiger partial charge on any atom is 0.264 e. The molecule has 0 radical (unpaired) electrons. The fourth-order valence-electron chi connectivity index (χ4n) is 4.51. The molecule has 1 fully saturated rings. The minimum atomic E-state index is -0.960. The number of hydrogen-bond donors (Lipinski definition) is 2. The van der Waals surface area contributed by atoms with Crippen LogP contribution in [0, 0.1) is 0 Å². The summed E-state index contributed by atoms with van der Waals surface area (Å²) in [4.78, 5) is 19.9. The van der Waals surface area contributed by atoms with E-state index in [1.165, 1.54) is 10.9 Å². The van der Waals surface area contributed by atoms with Gasteiger partial charge in [-0.1, -0.05) is 42.5 Å². The minimum Gasteiger partial charge on any atom is -0.392 e. The molecule has 0 aliphatic carbocycles. The van der Waals surface area contributed by atoms with Crippen molar-refractivity contribution in [3.8, 4) is 5.69 Å². The third-order valence-electron chi connectivity index (χ3n) is 6.39. The molecular formula is C25H27N5O3. The lowest BCUT2D eigenvalue weighted by Crippen LogP contribution is -2.47. The van der Waals surface area contributed by atoms with Gasteiger partial charge in [-0.25, -0.2) is 9.67 Å². The van der Waals surface area contributed by atoms with E-state index in [4.69, 9.17) is 0 Å². The van der Waals surface area contributed by atoms with E-state index in [1.54, 1.807) is 10.9 Å². The molecule has 1 aliphatic heterocycles. The van der Waals surface area contributed by atoms with Crippen molar-refractivity contribution in [1.29, 1.82) is 0 Å². The van der Waals surface area contributed by atoms with Crippen LogP contribution in [-0.2, 0) is 19.7 Å². The van der Waals surface area contributed by atoms with Gasteiger partial charge >= 0.3 is 0 Å². The Balaban J connectivity index is 1.29. The molecule has 4 aromatic rings. The van der Waals surface area contributed by atoms with E-state index in [0.717, 1.165) is 36.4 Å². The monoisotopic (exact) mass is 445 g/mol. The lowest BCUT2D eigenvalue weighted by molar-refractivity contribution is -0.0364. The van der Waals surface area contributed by atoms with Crippen molar-refractivity contribution < 1.29 is 10.2 Å². The summed E-state index contributed by atoms with van der Waals surface area (Å²) >= 11 is 0. The van der Waals surface area contributed by atoms with Crippen molar-refractivity contribution in [3.05, 3.63) is 88.6 Å². The van der Waals surface area contributed by atoms with E-state index >= 15 is 0 Å². The predicted octanol–water partition coefficient (Wildman–Crippen LogP) is 2.10. The third-order valence-corrected chi connectivity index (χ3v) is 6.39. The summed E-state index contributed by atoms with van der Waals surface area (Å²) in [5.74, 6) is 0. The SMILES string of the molecule is O=c1c2cnn(-c3ccccc3)c2ncn1CC1(O)CCN(Cc2cccc(CO)c2)CC1. The van der Waals surface area contributed by atoms with E-state index in [-0.39, 0.29) is 18.7 Å². The van der Waals surface area contributed by atoms with E-state index in [1.807, 2.05) is 48.5 Å². The summed E-state index contributed by atoms with van der Waals surface area (Å²) in [5, 5.41) is 25.3. The Labute approximate surface area is 191 Å². The molecule has 5 rings (SSSR count). The number of aliphatic hydroxyl groups is 2. The highest BCUT2D eigenvalue weighted by molar-refractivity contribution is 5.74. The van der Waals surface area contributed by atoms with Crippen molar-refractivity contribution in [1.82, 2.24) is 24.2 Å². The number of piperidine rings is 1. The number of fused-ring (bicyclic) bond motifs is 1. The van der Waals surface area contributed by atoms with Gasteiger partial charge in [0, 0.05) is 19.6 Å². The zero-order valence-corrected chi connectivity index (χ0v) is 18.3. The first kappa shape index (κ1) is 21.5. The van der Waals surface area contributed by atoms with Crippen molar-refractivity contribution in [3.63, 3.8) is 0 Å². The van der Waals surface area contributed by atoms with Crippen LogP contribution in [0.3, 0.4) is 0 Å². The van der Waals surface area contributed by atoms with E-state index in [2.05, 4.69) is 21.0 Å². The zero-order valence-electron chi connectivity index (χ0n) is 18.3. The normalized spacial score (nSPS) is 16.3. The summed E-state index contributed by atoms with van der Waals surface area (Å²) < 4.78 is 3.15. The molecule has 2 N–H and O–H groups in total. The van der Waals surface area contributed by atoms with E-state index < -0.39 is 5.60 Å². The summed E-state index contributed by atoms with van der Waals surface area (Å²) in [7, 11) is 0. The van der Waals surface area contributed by atoms with Crippen LogP contribution in [0.25, 0.3) is 16.7 Å². The third kappa shape index (κ3) is 4.45. The van der Waals surface area contributed by atoms with Gasteiger partial charge < -0.3 is 10.2 Å². The first-order chi connectivity index (χ1) is 16.0. The number of hydrogen-bond acceptors (Lipinski definition) is 6. The molecule has 0 spiro atoms. The largest absolute Gasteiger partial charge is 0.392 e. The van der Waals surface area contributed by atoms with Crippen molar-refractivity contribution >= 4 is 11.0 Å². The average molecular weight is 446 g/mol. The Morgan fingerprint density at radius 1 is 1.00 bits per heavy atom. The van der Waals surface area contributed by atoms with Gasteiger partial charge in [-0.2, -0.15) is 5.10 Å². The van der Waals surface area contributed by atoms with Gasteiger partial charge in [0.1, 0.15) is 11.7 Å². The highest BCUT2D eigenvalue weighted by Gasteiger charge is 2.33. The molecular weight excluding hydrogens is 418 g/mol. The number of para-hydroxylation sites is 1. The quantitative estimate of drug-likeness (QED) is 0.472. The second kappa shape index (κ2) is 8.90. The topological polar surface area (TPSA) is 96.4 Å². The molecule has 0 bridgehead atoms. The van der Waals surface area contributed by atoms with Crippen LogP contribution in [0.15, 0.2) is 71.9 Å². The summed E-state index contributed by atoms with van der Waals surface area (Å²) in [6.07, 6.45) is 4.19. The van der Waals surface area contributed by atoms with Crippen molar-refractivity contribution in [2.45, 2.75) is 38.1 Å². The van der Waals surface area contributed by atoms with Gasteiger partial charge in [-0.3, -0.25) is 14.3 Å². The standard InChI is InChI=1S/C25H27N5O3/c31-16-20-6-4-5-19(13-20)15-28-11-9-25(33,10-12-28)17-29-18-26-23-22(24(29)32)14-27-30(23)21-7-2-1-3-8-21/h1-8,13-14,18,31,33H,9-12,15-17H2. The smallest absolute Gasteiger partial charge is 0.264 e. The van der Waals surface area contributed by atoms with E-state index in [9.17, 15) is 15.0 Å². The number of aliphatic hydroxyl groups excluding tert-OH is 1. The lowest BCUT2D eigenvalue weighted by atomic mass is 9.91. The Morgan fingerprint density at radius 3 is 2.52 bits per heavy atom. The van der Waals surface area contributed by atoms with Crippen LogP contribution in [0.2, 0.25) is 0 Å². The zero-order chi connectivity index (χ0) is 22.8. The summed E-state index contributed by atoms with van der Waals surface area (Å²) in [6, 6.07) is 17.5. The van der Waals surface area contributed by atoms with Gasteiger partial charge in [0.05, 0.1) is 30.6 Å². The molecule has 1 saturated heterocycles. The van der Waals surface area contributed by atoms with Crippen molar-refractivity contribution in [2.24, 2.45) is 0 Å². The van der Waals surface area contributed by atoms with Gasteiger partial charge in [0.2, 0.25) is 0 Å². The van der Waals surface area contributed by atoms with Crippen LogP contribution >= 0.6 is 0 Å². The van der Waals surface area contributed by atoms with Gasteiger partial charge in [0.15, 0.2) is 5.65 Å². The Bertz CT molecular complexity index is 1310. The van der Waals surface area contributed by atoms with E-state index in [0.29, 0.717) is 23.9 Å². The second-order valence-corrected chi connectivity index (χ2v) is 8.79. The maximum atomic E-state index is 13.1. The Morgan fingerprint density at radius 2 is 1.76 bits per heavy atom. The number of rotatable bonds is 6. The highest BCUT2D eigenvalue weighted by Crippen LogP contribution is 2.25. The molecule has 8 nitrogen and oxygen atoms in total. The molecule has 3 heterocycles. The Hall–Kier alpha value is -3.33. The van der Waals surface area contributed by atoms with Gasteiger partial charge in [-0.15, -0.1) is 0 Å². The average Bonchev–Trinajstić information content (AvgIpc) is 3.28. The second-order valence-electron chi connectivity index (χ2n) is 8.79. The highest BCUT2D eigenvalue weighted by atomic mass is 16.3.